The fourth-order valence-corrected chi connectivity index (χ4v) is 7.45. The maximum atomic E-state index is 5.13. The minimum atomic E-state index is -0.142. The van der Waals surface area contributed by atoms with Crippen LogP contribution in [-0.4, -0.2) is 14.5 Å². The third-order valence-corrected chi connectivity index (χ3v) is 9.58. The van der Waals surface area contributed by atoms with Crippen molar-refractivity contribution in [3.05, 3.63) is 163 Å². The lowest BCUT2D eigenvalue weighted by atomic mass is 9.81. The Morgan fingerprint density at radius 3 is 1.96 bits per heavy atom. The lowest BCUT2D eigenvalue weighted by molar-refractivity contribution is 0.664. The molecule has 2 heterocycles. The molecule has 218 valence electrons. The van der Waals surface area contributed by atoms with E-state index >= 15 is 0 Å². The van der Waals surface area contributed by atoms with E-state index in [4.69, 9.17) is 9.97 Å². The van der Waals surface area contributed by atoms with Crippen LogP contribution < -0.4 is 0 Å². The van der Waals surface area contributed by atoms with E-state index in [1.54, 1.807) is 0 Å². The van der Waals surface area contributed by atoms with Crippen LogP contribution in [0, 0.1) is 0 Å². The molecule has 0 spiro atoms. The molecule has 3 heteroatoms. The van der Waals surface area contributed by atoms with Crippen LogP contribution in [0.25, 0.3) is 72.5 Å². The van der Waals surface area contributed by atoms with Crippen molar-refractivity contribution < 1.29 is 0 Å². The molecule has 0 bridgehead atoms. The fourth-order valence-electron chi connectivity index (χ4n) is 7.45. The van der Waals surface area contributed by atoms with Gasteiger partial charge in [0.15, 0.2) is 5.82 Å². The topological polar surface area (TPSA) is 30.7 Å². The van der Waals surface area contributed by atoms with Gasteiger partial charge < -0.3 is 4.57 Å². The maximum absolute atomic E-state index is 5.13. The maximum Gasteiger partial charge on any atom is 0.160 e. The smallest absolute Gasteiger partial charge is 0.160 e. The van der Waals surface area contributed by atoms with E-state index in [0.29, 0.717) is 0 Å². The van der Waals surface area contributed by atoms with E-state index < -0.39 is 0 Å². The summed E-state index contributed by atoms with van der Waals surface area (Å²) in [5.74, 6) is 0.719. The molecule has 46 heavy (non-hydrogen) atoms. The number of nitrogens with zero attached hydrogens (tertiary/aromatic N) is 3. The van der Waals surface area contributed by atoms with Gasteiger partial charge in [0.1, 0.15) is 0 Å². The Balaban J connectivity index is 1.30. The van der Waals surface area contributed by atoms with Gasteiger partial charge in [0.05, 0.1) is 22.4 Å². The predicted molar refractivity (Wildman–Crippen MR) is 190 cm³/mol. The summed E-state index contributed by atoms with van der Waals surface area (Å²) in [4.78, 5) is 10.1. The van der Waals surface area contributed by atoms with Crippen molar-refractivity contribution in [2.45, 2.75) is 19.3 Å². The summed E-state index contributed by atoms with van der Waals surface area (Å²) in [6.07, 6.45) is 0. The summed E-state index contributed by atoms with van der Waals surface area (Å²) in [5.41, 5.74) is 13.8. The molecule has 0 amide bonds. The second-order valence-corrected chi connectivity index (χ2v) is 12.7. The van der Waals surface area contributed by atoms with Gasteiger partial charge in [-0.1, -0.05) is 141 Å². The van der Waals surface area contributed by atoms with Crippen molar-refractivity contribution in [2.24, 2.45) is 0 Å². The highest BCUT2D eigenvalue weighted by atomic mass is 15.0. The summed E-state index contributed by atoms with van der Waals surface area (Å²) in [6, 6.07) is 53.9. The van der Waals surface area contributed by atoms with E-state index in [1.807, 2.05) is 24.3 Å². The number of benzene rings is 6. The molecule has 1 aliphatic carbocycles. The van der Waals surface area contributed by atoms with Crippen LogP contribution in [0.5, 0.6) is 0 Å². The Hall–Kier alpha value is -5.80. The predicted octanol–water partition coefficient (Wildman–Crippen LogP) is 10.9. The molecule has 0 unspecified atom stereocenters. The van der Waals surface area contributed by atoms with Crippen LogP contribution in [0.1, 0.15) is 25.0 Å². The molecule has 0 N–H and O–H groups in total. The minimum Gasteiger partial charge on any atom is -0.309 e. The van der Waals surface area contributed by atoms with Gasteiger partial charge in [-0.25, -0.2) is 9.97 Å². The number of hydrogen-bond donors (Lipinski definition) is 0. The molecule has 0 saturated carbocycles. The van der Waals surface area contributed by atoms with Crippen LogP contribution in [0.15, 0.2) is 152 Å². The largest absolute Gasteiger partial charge is 0.309 e. The average Bonchev–Trinajstić information content (AvgIpc) is 3.57. The summed E-state index contributed by atoms with van der Waals surface area (Å²) < 4.78 is 2.47. The van der Waals surface area contributed by atoms with Gasteiger partial charge in [-0.15, -0.1) is 0 Å². The van der Waals surface area contributed by atoms with Crippen molar-refractivity contribution in [3.63, 3.8) is 0 Å². The molecule has 0 saturated heterocycles. The lowest BCUT2D eigenvalue weighted by Crippen LogP contribution is -2.16. The molecule has 6 aromatic carbocycles. The lowest BCUT2D eigenvalue weighted by Gasteiger charge is -2.23. The first-order valence-electron chi connectivity index (χ1n) is 15.9. The highest BCUT2D eigenvalue weighted by Crippen LogP contribution is 2.52. The van der Waals surface area contributed by atoms with E-state index in [2.05, 4.69) is 146 Å². The molecule has 8 aromatic rings. The van der Waals surface area contributed by atoms with Gasteiger partial charge in [0.2, 0.25) is 0 Å². The molecule has 0 radical (unpaired) electrons. The fraction of sp³-hybridized carbons (Fsp3) is 0.0698. The van der Waals surface area contributed by atoms with Gasteiger partial charge in [-0.05, 0) is 46.5 Å². The van der Waals surface area contributed by atoms with E-state index in [0.717, 1.165) is 39.6 Å². The quantitative estimate of drug-likeness (QED) is 0.204. The molecule has 0 atom stereocenters. The van der Waals surface area contributed by atoms with Crippen LogP contribution in [0.4, 0.5) is 0 Å². The molecule has 9 rings (SSSR count). The summed E-state index contributed by atoms with van der Waals surface area (Å²) in [5, 5.41) is 2.54. The Bertz CT molecular complexity index is 2380. The third-order valence-electron chi connectivity index (χ3n) is 9.58. The van der Waals surface area contributed by atoms with E-state index in [9.17, 15) is 0 Å². The number of para-hydroxylation sites is 1. The molecule has 0 aliphatic heterocycles. The molecule has 0 fully saturated rings. The highest BCUT2D eigenvalue weighted by Gasteiger charge is 2.38. The molecule has 3 nitrogen and oxygen atoms in total. The first-order valence-corrected chi connectivity index (χ1v) is 15.9. The van der Waals surface area contributed by atoms with Crippen molar-refractivity contribution in [2.75, 3.05) is 0 Å². The summed E-state index contributed by atoms with van der Waals surface area (Å²) in [7, 11) is 0. The highest BCUT2D eigenvalue weighted by molar-refractivity contribution is 6.13. The Kier molecular flexibility index (Phi) is 5.85. The number of hydrogen-bond acceptors (Lipinski definition) is 2. The van der Waals surface area contributed by atoms with Crippen LogP contribution >= 0.6 is 0 Å². The first-order chi connectivity index (χ1) is 22.6. The van der Waals surface area contributed by atoms with Crippen LogP contribution in [-0.2, 0) is 5.41 Å². The Morgan fingerprint density at radius 1 is 0.500 bits per heavy atom. The van der Waals surface area contributed by atoms with Gasteiger partial charge in [0, 0.05) is 38.6 Å². The van der Waals surface area contributed by atoms with Gasteiger partial charge >= 0.3 is 0 Å². The standard InChI is InChI=1S/C43H31N3/c1-43(2)36-22-11-9-20-32(36)34-24-25-35-33-21-10-12-23-39(33)46(41(35)40(34)43)31-19-13-18-30(26-31)38-27-37(28-14-5-3-6-15-28)44-42(45-38)29-16-7-4-8-17-29/h3-27H,1-2H3. The van der Waals surface area contributed by atoms with Crippen LogP contribution in [0.2, 0.25) is 0 Å². The number of fused-ring (bicyclic) bond motifs is 7. The zero-order valence-electron chi connectivity index (χ0n) is 25.8. The van der Waals surface area contributed by atoms with Crippen molar-refractivity contribution in [1.82, 2.24) is 14.5 Å². The SMILES string of the molecule is CC1(C)c2ccccc2-c2ccc3c4ccccc4n(-c4cccc(-c5cc(-c6ccccc6)nc(-c6ccccc6)n5)c4)c3c21. The Labute approximate surface area is 268 Å². The molecular weight excluding hydrogens is 558 g/mol. The third kappa shape index (κ3) is 3.98. The average molecular weight is 590 g/mol. The monoisotopic (exact) mass is 589 g/mol. The zero-order valence-corrected chi connectivity index (χ0v) is 25.8. The Morgan fingerprint density at radius 2 is 1.15 bits per heavy atom. The number of rotatable bonds is 4. The first kappa shape index (κ1) is 26.6. The van der Waals surface area contributed by atoms with E-state index in [-0.39, 0.29) is 5.41 Å². The van der Waals surface area contributed by atoms with Gasteiger partial charge in [0.25, 0.3) is 0 Å². The molecular formula is C43H31N3. The minimum absolute atomic E-state index is 0.142. The van der Waals surface area contributed by atoms with Gasteiger partial charge in [-0.2, -0.15) is 0 Å². The van der Waals surface area contributed by atoms with Gasteiger partial charge in [-0.3, -0.25) is 0 Å². The van der Waals surface area contributed by atoms with Crippen LogP contribution in [0.3, 0.4) is 0 Å². The summed E-state index contributed by atoms with van der Waals surface area (Å²) in [6.45, 7) is 4.74. The molecule has 2 aromatic heterocycles. The second kappa shape index (κ2) is 10.1. The molecule has 1 aliphatic rings. The van der Waals surface area contributed by atoms with Crippen molar-refractivity contribution >= 4 is 21.8 Å². The summed E-state index contributed by atoms with van der Waals surface area (Å²) >= 11 is 0. The van der Waals surface area contributed by atoms with Crippen molar-refractivity contribution in [3.8, 4) is 50.7 Å². The zero-order chi connectivity index (χ0) is 30.8. The normalized spacial score (nSPS) is 13.2. The van der Waals surface area contributed by atoms with E-state index in [1.165, 1.54) is 44.1 Å². The van der Waals surface area contributed by atoms with Crippen molar-refractivity contribution in [1.29, 1.82) is 0 Å². The number of aromatic nitrogens is 3. The second-order valence-electron chi connectivity index (χ2n) is 12.7.